The van der Waals surface area contributed by atoms with Crippen molar-refractivity contribution in [2.24, 2.45) is 0 Å². The smallest absolute Gasteiger partial charge is 0.148 e. The van der Waals surface area contributed by atoms with Gasteiger partial charge in [-0.15, -0.1) is 0 Å². The lowest BCUT2D eigenvalue weighted by molar-refractivity contribution is 0.475. The van der Waals surface area contributed by atoms with Crippen molar-refractivity contribution in [2.45, 2.75) is 0 Å². The van der Waals surface area contributed by atoms with Crippen molar-refractivity contribution in [1.82, 2.24) is 9.78 Å². The summed E-state index contributed by atoms with van der Waals surface area (Å²) in [6.07, 6.45) is 1.89. The number of nitrogens with zero attached hydrogens (tertiary/aromatic N) is 3. The van der Waals surface area contributed by atoms with Crippen LogP contribution in [0.25, 0.3) is 23.0 Å². The predicted molar refractivity (Wildman–Crippen MR) is 120 cm³/mol. The highest BCUT2D eigenvalue weighted by Crippen LogP contribution is 2.34. The minimum Gasteiger partial charge on any atom is -0.508 e. The molecule has 0 unspecified atom stereocenters. The van der Waals surface area contributed by atoms with Gasteiger partial charge in [-0.25, -0.2) is 4.68 Å². The number of hydrogen-bond acceptors (Lipinski definition) is 5. The average Bonchev–Trinajstić information content (AvgIpc) is 3.18. The maximum atomic E-state index is 9.77. The molecule has 0 bridgehead atoms. The highest BCUT2D eigenvalue weighted by Gasteiger charge is 2.22. The number of phenols is 1. The van der Waals surface area contributed by atoms with Gasteiger partial charge in [0.15, 0.2) is 0 Å². The van der Waals surface area contributed by atoms with E-state index in [9.17, 15) is 10.4 Å². The Morgan fingerprint density at radius 1 is 0.935 bits per heavy atom. The molecule has 6 heteroatoms. The fourth-order valence-electron chi connectivity index (χ4n) is 3.57. The second kappa shape index (κ2) is 7.73. The number of hydrogen-bond donors (Lipinski definition) is 2. The van der Waals surface area contributed by atoms with Crippen molar-refractivity contribution in [1.29, 1.82) is 5.26 Å². The van der Waals surface area contributed by atoms with Crippen LogP contribution in [0.15, 0.2) is 78.9 Å². The molecular formula is C25H18N4O2. The van der Waals surface area contributed by atoms with Gasteiger partial charge in [-0.05, 0) is 59.7 Å². The number of aromatic nitrogens is 2. The first-order chi connectivity index (χ1) is 15.2. The molecule has 0 saturated carbocycles. The lowest BCUT2D eigenvalue weighted by Crippen LogP contribution is -2.14. The first kappa shape index (κ1) is 18.5. The van der Waals surface area contributed by atoms with E-state index in [0.29, 0.717) is 29.4 Å². The van der Waals surface area contributed by atoms with E-state index in [1.807, 2.05) is 66.9 Å². The van der Waals surface area contributed by atoms with Crippen molar-refractivity contribution in [3.63, 3.8) is 0 Å². The number of phenolic OH excluding ortho intramolecular Hbond substituents is 1. The Morgan fingerprint density at radius 2 is 1.71 bits per heavy atom. The second-order valence-electron chi connectivity index (χ2n) is 7.13. The van der Waals surface area contributed by atoms with Gasteiger partial charge in [-0.3, -0.25) is 0 Å². The first-order valence-electron chi connectivity index (χ1n) is 9.81. The monoisotopic (exact) mass is 406 g/mol. The third-order valence-corrected chi connectivity index (χ3v) is 5.07. The molecule has 1 aromatic heterocycles. The zero-order valence-electron chi connectivity index (χ0n) is 16.5. The van der Waals surface area contributed by atoms with Crippen LogP contribution in [0.5, 0.6) is 17.2 Å². The molecule has 1 aliphatic heterocycles. The molecule has 6 nitrogen and oxygen atoms in total. The molecule has 0 spiro atoms. The summed E-state index contributed by atoms with van der Waals surface area (Å²) in [5, 5.41) is 27.5. The number of anilines is 1. The lowest BCUT2D eigenvalue weighted by atomic mass is 10.0. The fraction of sp³-hybridized carbons (Fsp3) is 0.0400. The van der Waals surface area contributed by atoms with Crippen LogP contribution in [-0.2, 0) is 0 Å². The van der Waals surface area contributed by atoms with Crippen molar-refractivity contribution in [3.05, 3.63) is 90.0 Å². The lowest BCUT2D eigenvalue weighted by Gasteiger charge is -2.17. The summed E-state index contributed by atoms with van der Waals surface area (Å²) in [7, 11) is 0. The van der Waals surface area contributed by atoms with Gasteiger partial charge in [0.25, 0.3) is 0 Å². The van der Waals surface area contributed by atoms with E-state index < -0.39 is 0 Å². The molecule has 0 amide bonds. The minimum absolute atomic E-state index is 0.209. The van der Waals surface area contributed by atoms with Gasteiger partial charge >= 0.3 is 0 Å². The highest BCUT2D eigenvalue weighted by atomic mass is 16.5. The number of para-hydroxylation sites is 1. The molecule has 31 heavy (non-hydrogen) atoms. The number of nitriles is 1. The Labute approximate surface area is 179 Å². The molecule has 0 aliphatic carbocycles. The van der Waals surface area contributed by atoms with E-state index in [4.69, 9.17) is 4.74 Å². The molecule has 0 saturated heterocycles. The standard InChI is InChI=1S/C25H18N4O2/c26-14-23-24(17-9-11-22(12-10-17)31-21-7-2-1-3-8-21)28-29-16-19(15-27-25(23)29)18-5-4-6-20(30)13-18/h1-13,16,27,30H,15H2. The number of ether oxygens (including phenoxy) is 1. The van der Waals surface area contributed by atoms with E-state index in [0.717, 1.165) is 22.4 Å². The minimum atomic E-state index is 0.209. The summed E-state index contributed by atoms with van der Waals surface area (Å²) in [6.45, 7) is 0.535. The summed E-state index contributed by atoms with van der Waals surface area (Å²) < 4.78 is 7.53. The largest absolute Gasteiger partial charge is 0.508 e. The van der Waals surface area contributed by atoms with Crippen LogP contribution in [0.2, 0.25) is 0 Å². The van der Waals surface area contributed by atoms with Crippen LogP contribution in [-0.4, -0.2) is 21.4 Å². The third kappa shape index (κ3) is 3.61. The maximum absolute atomic E-state index is 9.77. The zero-order chi connectivity index (χ0) is 21.2. The van der Waals surface area contributed by atoms with Crippen molar-refractivity contribution >= 4 is 17.6 Å². The number of aromatic hydroxyl groups is 1. The average molecular weight is 406 g/mol. The van der Waals surface area contributed by atoms with Crippen molar-refractivity contribution in [2.75, 3.05) is 11.9 Å². The van der Waals surface area contributed by atoms with Crippen LogP contribution in [0.1, 0.15) is 11.1 Å². The Morgan fingerprint density at radius 3 is 2.45 bits per heavy atom. The maximum Gasteiger partial charge on any atom is 0.148 e. The van der Waals surface area contributed by atoms with Crippen molar-refractivity contribution in [3.8, 4) is 34.6 Å². The van der Waals surface area contributed by atoms with Gasteiger partial charge < -0.3 is 15.2 Å². The van der Waals surface area contributed by atoms with E-state index >= 15 is 0 Å². The van der Waals surface area contributed by atoms with Crippen molar-refractivity contribution < 1.29 is 9.84 Å². The number of nitrogens with one attached hydrogen (secondary N) is 1. The van der Waals surface area contributed by atoms with E-state index in [1.54, 1.807) is 22.9 Å². The highest BCUT2D eigenvalue weighted by molar-refractivity contribution is 5.85. The van der Waals surface area contributed by atoms with E-state index in [2.05, 4.69) is 16.5 Å². The van der Waals surface area contributed by atoms with E-state index in [-0.39, 0.29) is 5.75 Å². The molecule has 0 fully saturated rings. The summed E-state index contributed by atoms with van der Waals surface area (Å²) in [5.74, 6) is 2.34. The zero-order valence-corrected chi connectivity index (χ0v) is 16.5. The fourth-order valence-corrected chi connectivity index (χ4v) is 3.57. The molecule has 2 heterocycles. The Balaban J connectivity index is 1.47. The predicted octanol–water partition coefficient (Wildman–Crippen LogP) is 5.34. The van der Waals surface area contributed by atoms with Crippen LogP contribution in [0.4, 0.5) is 5.82 Å². The third-order valence-electron chi connectivity index (χ3n) is 5.07. The molecule has 4 aromatic rings. The van der Waals surface area contributed by atoms with Crippen LogP contribution < -0.4 is 10.1 Å². The van der Waals surface area contributed by atoms with Crippen LogP contribution >= 0.6 is 0 Å². The normalized spacial score (nSPS) is 12.3. The molecular weight excluding hydrogens is 388 g/mol. The first-order valence-corrected chi connectivity index (χ1v) is 9.81. The summed E-state index contributed by atoms with van der Waals surface area (Å²) >= 11 is 0. The molecule has 2 N–H and O–H groups in total. The molecule has 0 radical (unpaired) electrons. The number of benzene rings is 3. The van der Waals surface area contributed by atoms with Crippen LogP contribution in [0, 0.1) is 11.3 Å². The molecule has 150 valence electrons. The Hall–Kier alpha value is -4.50. The van der Waals surface area contributed by atoms with Gasteiger partial charge in [-0.1, -0.05) is 30.3 Å². The van der Waals surface area contributed by atoms with Gasteiger partial charge in [0.05, 0.1) is 0 Å². The summed E-state index contributed by atoms with van der Waals surface area (Å²) in [6, 6.07) is 26.4. The topological polar surface area (TPSA) is 83.1 Å². The molecule has 0 atom stereocenters. The molecule has 1 aliphatic rings. The number of rotatable bonds is 4. The van der Waals surface area contributed by atoms with E-state index in [1.165, 1.54) is 0 Å². The van der Waals surface area contributed by atoms with Gasteiger partial charge in [-0.2, -0.15) is 10.4 Å². The summed E-state index contributed by atoms with van der Waals surface area (Å²) in [4.78, 5) is 0. The van der Waals surface area contributed by atoms with Crippen LogP contribution in [0.3, 0.4) is 0 Å². The Bertz CT molecular complexity index is 1320. The van der Waals surface area contributed by atoms with Gasteiger partial charge in [0, 0.05) is 18.3 Å². The molecule has 3 aromatic carbocycles. The number of fused-ring (bicyclic) bond motifs is 1. The summed E-state index contributed by atoms with van der Waals surface area (Å²) in [5.41, 5.74) is 3.78. The van der Waals surface area contributed by atoms with Gasteiger partial charge in [0.2, 0.25) is 0 Å². The quantitative estimate of drug-likeness (QED) is 0.478. The Kier molecular flexibility index (Phi) is 4.62. The van der Waals surface area contributed by atoms with Gasteiger partial charge in [0.1, 0.15) is 40.4 Å². The molecule has 5 rings (SSSR count). The second-order valence-corrected chi connectivity index (χ2v) is 7.13. The SMILES string of the molecule is N#Cc1c(-c2ccc(Oc3ccccc3)cc2)nn2c1NCC(c1cccc(O)c1)=C2.